The number of H-pyrrole nitrogens is 1. The van der Waals surface area contributed by atoms with Crippen LogP contribution in [0.5, 0.6) is 11.5 Å². The number of benzene rings is 1. The number of ether oxygens (including phenoxy) is 2. The van der Waals surface area contributed by atoms with Gasteiger partial charge in [-0.2, -0.15) is 5.10 Å². The molecule has 0 fully saturated rings. The van der Waals surface area contributed by atoms with Crippen LogP contribution in [0.3, 0.4) is 0 Å². The van der Waals surface area contributed by atoms with Gasteiger partial charge in [-0.3, -0.25) is 9.89 Å². The maximum absolute atomic E-state index is 12.9. The summed E-state index contributed by atoms with van der Waals surface area (Å²) >= 11 is 0. The summed E-state index contributed by atoms with van der Waals surface area (Å²) in [6, 6.07) is 7.68. The minimum Gasteiger partial charge on any atom is -0.454 e. The SMILES string of the molecule is CC(Cc1ccc2c(c1)OCO2)c1cc(C(=O)N(C)Cc2n[nH]c3c2CCCC3)on1. The van der Waals surface area contributed by atoms with E-state index in [0.717, 1.165) is 47.7 Å². The first-order valence-electron chi connectivity index (χ1n) is 10.7. The highest BCUT2D eigenvalue weighted by molar-refractivity contribution is 5.91. The number of rotatable bonds is 6. The minimum atomic E-state index is -0.193. The van der Waals surface area contributed by atoms with Crippen LogP contribution in [0.25, 0.3) is 0 Å². The average Bonchev–Trinajstić information content (AvgIpc) is 3.53. The highest BCUT2D eigenvalue weighted by atomic mass is 16.7. The molecule has 2 aromatic heterocycles. The van der Waals surface area contributed by atoms with Gasteiger partial charge in [-0.15, -0.1) is 0 Å². The second-order valence-electron chi connectivity index (χ2n) is 8.40. The van der Waals surface area contributed by atoms with Gasteiger partial charge in [0.05, 0.1) is 17.9 Å². The number of hydrogen-bond acceptors (Lipinski definition) is 6. The number of nitrogens with one attached hydrogen (secondary N) is 1. The number of carbonyl (C=O) groups excluding carboxylic acids is 1. The molecule has 5 rings (SSSR count). The predicted octanol–water partition coefficient (Wildman–Crippen LogP) is 3.62. The van der Waals surface area contributed by atoms with Crippen molar-refractivity contribution in [2.75, 3.05) is 13.8 Å². The number of carbonyl (C=O) groups is 1. The molecule has 0 saturated heterocycles. The van der Waals surface area contributed by atoms with Crippen molar-refractivity contribution in [3.8, 4) is 11.5 Å². The zero-order valence-corrected chi connectivity index (χ0v) is 17.8. The molecule has 31 heavy (non-hydrogen) atoms. The lowest BCUT2D eigenvalue weighted by atomic mass is 9.96. The molecule has 1 atom stereocenters. The van der Waals surface area contributed by atoms with Crippen LogP contribution in [0.2, 0.25) is 0 Å². The van der Waals surface area contributed by atoms with Crippen molar-refractivity contribution < 1.29 is 18.8 Å². The van der Waals surface area contributed by atoms with E-state index in [1.165, 1.54) is 24.1 Å². The summed E-state index contributed by atoms with van der Waals surface area (Å²) in [6.45, 7) is 2.78. The number of nitrogens with zero attached hydrogens (tertiary/aromatic N) is 3. The second-order valence-corrected chi connectivity index (χ2v) is 8.40. The molecule has 1 aromatic carbocycles. The van der Waals surface area contributed by atoms with E-state index in [1.54, 1.807) is 18.0 Å². The van der Waals surface area contributed by atoms with Gasteiger partial charge in [0, 0.05) is 24.7 Å². The van der Waals surface area contributed by atoms with Crippen LogP contribution in [0.15, 0.2) is 28.8 Å². The van der Waals surface area contributed by atoms with Crippen LogP contribution in [0.1, 0.15) is 64.4 Å². The molecule has 162 valence electrons. The lowest BCUT2D eigenvalue weighted by Gasteiger charge is -2.16. The van der Waals surface area contributed by atoms with E-state index in [-0.39, 0.29) is 24.4 Å². The summed E-state index contributed by atoms with van der Waals surface area (Å²) in [7, 11) is 1.77. The van der Waals surface area contributed by atoms with Gasteiger partial charge in [0.15, 0.2) is 11.5 Å². The van der Waals surface area contributed by atoms with Crippen LogP contribution < -0.4 is 9.47 Å². The summed E-state index contributed by atoms with van der Waals surface area (Å²) in [5.41, 5.74) is 5.30. The maximum Gasteiger partial charge on any atom is 0.292 e. The van der Waals surface area contributed by atoms with Crippen molar-refractivity contribution in [3.05, 3.63) is 58.2 Å². The van der Waals surface area contributed by atoms with Crippen LogP contribution in [-0.4, -0.2) is 40.0 Å². The van der Waals surface area contributed by atoms with Crippen molar-refractivity contribution in [2.45, 2.75) is 51.5 Å². The molecule has 0 bridgehead atoms. The zero-order chi connectivity index (χ0) is 21.4. The zero-order valence-electron chi connectivity index (χ0n) is 17.8. The molecule has 1 amide bonds. The summed E-state index contributed by atoms with van der Waals surface area (Å²) < 4.78 is 16.2. The summed E-state index contributed by atoms with van der Waals surface area (Å²) in [4.78, 5) is 14.5. The third-order valence-electron chi connectivity index (χ3n) is 6.10. The Morgan fingerprint density at radius 2 is 2.03 bits per heavy atom. The van der Waals surface area contributed by atoms with Crippen molar-refractivity contribution in [2.24, 2.45) is 0 Å². The van der Waals surface area contributed by atoms with E-state index in [0.29, 0.717) is 6.54 Å². The molecule has 3 aromatic rings. The molecule has 8 nitrogen and oxygen atoms in total. The molecule has 1 unspecified atom stereocenters. The van der Waals surface area contributed by atoms with Gasteiger partial charge in [0.25, 0.3) is 5.91 Å². The van der Waals surface area contributed by atoms with E-state index < -0.39 is 0 Å². The largest absolute Gasteiger partial charge is 0.454 e. The van der Waals surface area contributed by atoms with Gasteiger partial charge < -0.3 is 18.9 Å². The van der Waals surface area contributed by atoms with Gasteiger partial charge in [0.2, 0.25) is 12.6 Å². The number of amides is 1. The third kappa shape index (κ3) is 3.89. The van der Waals surface area contributed by atoms with E-state index in [9.17, 15) is 4.79 Å². The molecular weight excluding hydrogens is 396 g/mol. The summed E-state index contributed by atoms with van der Waals surface area (Å²) in [5.74, 6) is 1.69. The van der Waals surface area contributed by atoms with Crippen molar-refractivity contribution in [3.63, 3.8) is 0 Å². The topological polar surface area (TPSA) is 93.5 Å². The van der Waals surface area contributed by atoms with E-state index in [4.69, 9.17) is 14.0 Å². The molecule has 0 saturated carbocycles. The Hall–Kier alpha value is -3.29. The third-order valence-corrected chi connectivity index (χ3v) is 6.10. The highest BCUT2D eigenvalue weighted by Gasteiger charge is 2.24. The lowest BCUT2D eigenvalue weighted by molar-refractivity contribution is 0.0741. The highest BCUT2D eigenvalue weighted by Crippen LogP contribution is 2.34. The first-order chi connectivity index (χ1) is 15.1. The Morgan fingerprint density at radius 3 is 2.94 bits per heavy atom. The molecule has 1 aliphatic heterocycles. The smallest absolute Gasteiger partial charge is 0.292 e. The minimum absolute atomic E-state index is 0.0920. The summed E-state index contributed by atoms with van der Waals surface area (Å²) in [6.07, 6.45) is 5.17. The van der Waals surface area contributed by atoms with Gasteiger partial charge in [-0.05, 0) is 55.4 Å². The number of aromatic amines is 1. The van der Waals surface area contributed by atoms with Crippen LogP contribution in [0.4, 0.5) is 0 Å². The molecule has 8 heteroatoms. The second kappa shape index (κ2) is 8.09. The van der Waals surface area contributed by atoms with Gasteiger partial charge >= 0.3 is 0 Å². The van der Waals surface area contributed by atoms with Gasteiger partial charge in [0.1, 0.15) is 0 Å². The number of aryl methyl sites for hydroxylation is 1. The molecule has 1 aliphatic carbocycles. The van der Waals surface area contributed by atoms with Gasteiger partial charge in [-0.1, -0.05) is 18.1 Å². The van der Waals surface area contributed by atoms with Crippen LogP contribution in [0, 0.1) is 0 Å². The van der Waals surface area contributed by atoms with E-state index >= 15 is 0 Å². The molecule has 0 radical (unpaired) electrons. The molecule has 2 aliphatic rings. The van der Waals surface area contributed by atoms with Gasteiger partial charge in [-0.25, -0.2) is 0 Å². The first kappa shape index (κ1) is 19.7. The monoisotopic (exact) mass is 422 g/mol. The Labute approximate surface area is 180 Å². The maximum atomic E-state index is 12.9. The average molecular weight is 422 g/mol. The first-order valence-corrected chi connectivity index (χ1v) is 10.7. The van der Waals surface area contributed by atoms with Crippen molar-refractivity contribution >= 4 is 5.91 Å². The van der Waals surface area contributed by atoms with Crippen LogP contribution in [-0.2, 0) is 25.8 Å². The Bertz CT molecular complexity index is 1100. The van der Waals surface area contributed by atoms with Crippen molar-refractivity contribution in [1.29, 1.82) is 0 Å². The number of hydrogen-bond donors (Lipinski definition) is 1. The normalized spacial score (nSPS) is 15.5. The molecule has 0 spiro atoms. The molecular formula is C23H26N4O4. The molecule has 3 heterocycles. The molecule has 1 N–H and O–H groups in total. The standard InChI is InChI=1S/C23H26N4O4/c1-14(9-15-7-8-20-21(10-15)30-13-29-20)18-11-22(31-26-18)23(28)27(2)12-19-16-5-3-4-6-17(16)24-25-19/h7-8,10-11,14H,3-6,9,12-13H2,1-2H3,(H,24,25). The number of aromatic nitrogens is 3. The van der Waals surface area contributed by atoms with E-state index in [1.807, 2.05) is 18.2 Å². The fraction of sp³-hybridized carbons (Fsp3) is 0.435. The summed E-state index contributed by atoms with van der Waals surface area (Å²) in [5, 5.41) is 11.7. The van der Waals surface area contributed by atoms with Crippen molar-refractivity contribution in [1.82, 2.24) is 20.3 Å². The Balaban J connectivity index is 1.24. The predicted molar refractivity (Wildman–Crippen MR) is 112 cm³/mol. The number of fused-ring (bicyclic) bond motifs is 2. The Morgan fingerprint density at radius 1 is 1.19 bits per heavy atom. The fourth-order valence-corrected chi connectivity index (χ4v) is 4.31. The fourth-order valence-electron chi connectivity index (χ4n) is 4.31. The van der Waals surface area contributed by atoms with E-state index in [2.05, 4.69) is 22.3 Å². The lowest BCUT2D eigenvalue weighted by Crippen LogP contribution is -2.26. The van der Waals surface area contributed by atoms with Crippen LogP contribution >= 0.6 is 0 Å². The quantitative estimate of drug-likeness (QED) is 0.652. The Kier molecular flexibility index (Phi) is 5.13.